The van der Waals surface area contributed by atoms with E-state index in [0.717, 1.165) is 12.0 Å². The van der Waals surface area contributed by atoms with E-state index in [1.165, 1.54) is 11.8 Å². The molecule has 0 aliphatic carbocycles. The summed E-state index contributed by atoms with van der Waals surface area (Å²) in [7, 11) is 0. The SMILES string of the molecule is CCOc1ccc(C(=O)Nc2ccc3c(c2)CN(C(=O)c2ccco2)CC3)cc1OCC. The maximum Gasteiger partial charge on any atom is 0.289 e. The fourth-order valence-electron chi connectivity index (χ4n) is 3.76. The second-order valence-corrected chi connectivity index (χ2v) is 7.42. The number of ether oxygens (including phenoxy) is 2. The number of nitrogens with one attached hydrogen (secondary N) is 1. The Kier molecular flexibility index (Phi) is 6.44. The summed E-state index contributed by atoms with van der Waals surface area (Å²) >= 11 is 0. The number of fused-ring (bicyclic) bond motifs is 1. The van der Waals surface area contributed by atoms with Crippen LogP contribution in [0, 0.1) is 0 Å². The van der Waals surface area contributed by atoms with E-state index in [1.54, 1.807) is 35.2 Å². The van der Waals surface area contributed by atoms with Crippen LogP contribution in [-0.4, -0.2) is 36.5 Å². The Labute approximate surface area is 186 Å². The molecule has 0 unspecified atom stereocenters. The molecule has 0 saturated carbocycles. The fourth-order valence-corrected chi connectivity index (χ4v) is 3.76. The molecule has 1 aromatic heterocycles. The number of carbonyl (C=O) groups excluding carboxylic acids is 2. The summed E-state index contributed by atoms with van der Waals surface area (Å²) in [6.45, 7) is 5.87. The number of amides is 2. The van der Waals surface area contributed by atoms with E-state index in [-0.39, 0.29) is 11.8 Å². The van der Waals surface area contributed by atoms with Crippen molar-refractivity contribution in [1.82, 2.24) is 4.90 Å². The highest BCUT2D eigenvalue weighted by molar-refractivity contribution is 6.04. The van der Waals surface area contributed by atoms with Crippen molar-refractivity contribution in [2.45, 2.75) is 26.8 Å². The average Bonchev–Trinajstić information content (AvgIpc) is 3.34. The number of anilines is 1. The van der Waals surface area contributed by atoms with Gasteiger partial charge in [-0.05, 0) is 73.9 Å². The number of carbonyl (C=O) groups is 2. The predicted octanol–water partition coefficient (Wildman–Crippen LogP) is 4.53. The molecule has 7 heteroatoms. The predicted molar refractivity (Wildman–Crippen MR) is 120 cm³/mol. The van der Waals surface area contributed by atoms with E-state index in [2.05, 4.69) is 5.32 Å². The van der Waals surface area contributed by atoms with Crippen molar-refractivity contribution in [2.24, 2.45) is 0 Å². The molecule has 0 radical (unpaired) electrons. The Hall–Kier alpha value is -3.74. The summed E-state index contributed by atoms with van der Waals surface area (Å²) in [5.74, 6) is 1.11. The zero-order valence-corrected chi connectivity index (χ0v) is 18.2. The molecule has 166 valence electrons. The summed E-state index contributed by atoms with van der Waals surface area (Å²) in [5, 5.41) is 2.94. The van der Waals surface area contributed by atoms with Crippen LogP contribution >= 0.6 is 0 Å². The summed E-state index contributed by atoms with van der Waals surface area (Å²) in [4.78, 5) is 27.2. The second-order valence-electron chi connectivity index (χ2n) is 7.42. The Bertz CT molecular complexity index is 1110. The normalized spacial score (nSPS) is 12.8. The quantitative estimate of drug-likeness (QED) is 0.591. The minimum atomic E-state index is -0.242. The molecule has 4 rings (SSSR count). The summed E-state index contributed by atoms with van der Waals surface area (Å²) < 4.78 is 16.4. The van der Waals surface area contributed by atoms with Gasteiger partial charge in [0.1, 0.15) is 0 Å². The summed E-state index contributed by atoms with van der Waals surface area (Å²) in [5.41, 5.74) is 3.33. The minimum Gasteiger partial charge on any atom is -0.490 e. The van der Waals surface area contributed by atoms with Crippen LogP contribution < -0.4 is 14.8 Å². The first-order valence-corrected chi connectivity index (χ1v) is 10.7. The van der Waals surface area contributed by atoms with Gasteiger partial charge in [0.05, 0.1) is 19.5 Å². The molecule has 2 amide bonds. The van der Waals surface area contributed by atoms with Crippen LogP contribution in [0.5, 0.6) is 11.5 Å². The van der Waals surface area contributed by atoms with Gasteiger partial charge in [0.2, 0.25) is 0 Å². The smallest absolute Gasteiger partial charge is 0.289 e. The highest BCUT2D eigenvalue weighted by Gasteiger charge is 2.24. The lowest BCUT2D eigenvalue weighted by Crippen LogP contribution is -2.35. The fraction of sp³-hybridized carbons (Fsp3) is 0.280. The van der Waals surface area contributed by atoms with Crippen LogP contribution in [0.4, 0.5) is 5.69 Å². The van der Waals surface area contributed by atoms with E-state index in [0.29, 0.717) is 54.8 Å². The van der Waals surface area contributed by atoms with Gasteiger partial charge in [-0.3, -0.25) is 9.59 Å². The molecule has 1 N–H and O–H groups in total. The van der Waals surface area contributed by atoms with Crippen molar-refractivity contribution in [3.8, 4) is 11.5 Å². The Balaban J connectivity index is 1.49. The van der Waals surface area contributed by atoms with Gasteiger partial charge in [-0.1, -0.05) is 6.07 Å². The lowest BCUT2D eigenvalue weighted by molar-refractivity contribution is 0.0702. The van der Waals surface area contributed by atoms with Gasteiger partial charge in [-0.25, -0.2) is 0 Å². The number of nitrogens with zero attached hydrogens (tertiary/aromatic N) is 1. The van der Waals surface area contributed by atoms with Crippen molar-refractivity contribution in [2.75, 3.05) is 25.1 Å². The van der Waals surface area contributed by atoms with Gasteiger partial charge in [0.15, 0.2) is 17.3 Å². The lowest BCUT2D eigenvalue weighted by Gasteiger charge is -2.28. The first-order chi connectivity index (χ1) is 15.6. The molecule has 32 heavy (non-hydrogen) atoms. The van der Waals surface area contributed by atoms with Gasteiger partial charge in [-0.15, -0.1) is 0 Å². The average molecular weight is 434 g/mol. The molecule has 3 aromatic rings. The lowest BCUT2D eigenvalue weighted by atomic mass is 9.98. The van der Waals surface area contributed by atoms with Crippen molar-refractivity contribution in [3.63, 3.8) is 0 Å². The molecule has 0 atom stereocenters. The Morgan fingerprint density at radius 1 is 1.00 bits per heavy atom. The first-order valence-electron chi connectivity index (χ1n) is 10.7. The van der Waals surface area contributed by atoms with Gasteiger partial charge in [0.25, 0.3) is 11.8 Å². The first kappa shape index (κ1) is 21.5. The monoisotopic (exact) mass is 434 g/mol. The van der Waals surface area contributed by atoms with Crippen LogP contribution in [-0.2, 0) is 13.0 Å². The maximum atomic E-state index is 12.9. The van der Waals surface area contributed by atoms with Gasteiger partial charge in [-0.2, -0.15) is 0 Å². The standard InChI is InChI=1S/C25H26N2O5/c1-3-30-21-10-8-18(15-23(21)31-4-2)24(28)26-20-9-7-17-11-12-27(16-19(17)14-20)25(29)22-6-5-13-32-22/h5-10,13-15H,3-4,11-12,16H2,1-2H3,(H,26,28). The van der Waals surface area contributed by atoms with Crippen LogP contribution in [0.15, 0.2) is 59.2 Å². The molecule has 2 aromatic carbocycles. The zero-order valence-electron chi connectivity index (χ0n) is 18.2. The zero-order chi connectivity index (χ0) is 22.5. The molecular weight excluding hydrogens is 408 g/mol. The number of rotatable bonds is 7. The molecule has 1 aliphatic heterocycles. The van der Waals surface area contributed by atoms with E-state index in [1.807, 2.05) is 32.0 Å². The second kappa shape index (κ2) is 9.60. The topological polar surface area (TPSA) is 81.0 Å². The van der Waals surface area contributed by atoms with E-state index in [4.69, 9.17) is 13.9 Å². The molecule has 1 aliphatic rings. The third kappa shape index (κ3) is 4.61. The van der Waals surface area contributed by atoms with Crippen molar-refractivity contribution in [1.29, 1.82) is 0 Å². The van der Waals surface area contributed by atoms with Crippen LogP contribution in [0.2, 0.25) is 0 Å². The number of benzene rings is 2. The minimum absolute atomic E-state index is 0.132. The molecule has 0 saturated heterocycles. The molecular formula is C25H26N2O5. The van der Waals surface area contributed by atoms with Crippen LogP contribution in [0.1, 0.15) is 45.9 Å². The van der Waals surface area contributed by atoms with Crippen LogP contribution in [0.3, 0.4) is 0 Å². The third-order valence-corrected chi connectivity index (χ3v) is 5.30. The number of hydrogen-bond donors (Lipinski definition) is 1. The van der Waals surface area contributed by atoms with Crippen LogP contribution in [0.25, 0.3) is 0 Å². The molecule has 0 bridgehead atoms. The molecule has 0 spiro atoms. The van der Waals surface area contributed by atoms with Gasteiger partial charge >= 0.3 is 0 Å². The molecule has 2 heterocycles. The van der Waals surface area contributed by atoms with E-state index < -0.39 is 0 Å². The number of hydrogen-bond acceptors (Lipinski definition) is 5. The Morgan fingerprint density at radius 3 is 2.56 bits per heavy atom. The highest BCUT2D eigenvalue weighted by atomic mass is 16.5. The van der Waals surface area contributed by atoms with E-state index in [9.17, 15) is 9.59 Å². The van der Waals surface area contributed by atoms with Crippen molar-refractivity contribution >= 4 is 17.5 Å². The summed E-state index contributed by atoms with van der Waals surface area (Å²) in [6.07, 6.45) is 2.25. The molecule has 0 fully saturated rings. The largest absolute Gasteiger partial charge is 0.490 e. The third-order valence-electron chi connectivity index (χ3n) is 5.30. The number of furan rings is 1. The Morgan fingerprint density at radius 2 is 1.81 bits per heavy atom. The van der Waals surface area contributed by atoms with Gasteiger partial charge < -0.3 is 24.1 Å². The van der Waals surface area contributed by atoms with E-state index >= 15 is 0 Å². The highest BCUT2D eigenvalue weighted by Crippen LogP contribution is 2.29. The maximum absolute atomic E-state index is 12.9. The molecule has 7 nitrogen and oxygen atoms in total. The van der Waals surface area contributed by atoms with Gasteiger partial charge in [0, 0.05) is 24.3 Å². The summed E-state index contributed by atoms with van der Waals surface area (Å²) in [6, 6.07) is 14.3. The van der Waals surface area contributed by atoms with Crippen molar-refractivity contribution in [3.05, 3.63) is 77.2 Å². The van der Waals surface area contributed by atoms with Crippen molar-refractivity contribution < 1.29 is 23.5 Å².